The Morgan fingerprint density at radius 3 is 2.62 bits per heavy atom. The lowest BCUT2D eigenvalue weighted by atomic mass is 10.1. The van der Waals surface area contributed by atoms with Crippen LogP contribution in [0.4, 0.5) is 10.1 Å². The molecular weight excluding hydrogens is 273 g/mol. The first-order valence-electron chi connectivity index (χ1n) is 6.52. The van der Waals surface area contributed by atoms with Gasteiger partial charge in [-0.25, -0.2) is 9.18 Å². The summed E-state index contributed by atoms with van der Waals surface area (Å²) in [6, 6.07) is 3.80. The van der Waals surface area contributed by atoms with E-state index < -0.39 is 12.0 Å². The molecule has 0 spiro atoms. The summed E-state index contributed by atoms with van der Waals surface area (Å²) in [4.78, 5) is 12.0. The largest absolute Gasteiger partial charge is 0.467 e. The first-order valence-corrected chi connectivity index (χ1v) is 6.52. The Bertz CT molecular complexity index is 647. The molecule has 0 amide bonds. The smallest absolute Gasteiger partial charge is 0.333 e. The third-order valence-electron chi connectivity index (χ3n) is 3.37. The van der Waals surface area contributed by atoms with Crippen molar-refractivity contribution in [2.75, 3.05) is 12.4 Å². The van der Waals surface area contributed by atoms with E-state index in [1.807, 2.05) is 6.92 Å². The van der Waals surface area contributed by atoms with Gasteiger partial charge in [-0.2, -0.15) is 5.10 Å². The van der Waals surface area contributed by atoms with Crippen molar-refractivity contribution in [3.8, 4) is 0 Å². The SMILES string of the molecule is COC(=O)C(Nc1cc(C)cc(F)c1)c1cnn(C)c1C. The normalized spacial score (nSPS) is 12.0. The van der Waals surface area contributed by atoms with E-state index in [1.54, 1.807) is 30.9 Å². The van der Waals surface area contributed by atoms with Gasteiger partial charge in [0.1, 0.15) is 5.82 Å². The van der Waals surface area contributed by atoms with Crippen LogP contribution < -0.4 is 5.32 Å². The molecule has 1 heterocycles. The topological polar surface area (TPSA) is 56.1 Å². The zero-order valence-corrected chi connectivity index (χ0v) is 12.5. The maximum atomic E-state index is 13.5. The molecule has 0 saturated heterocycles. The third kappa shape index (κ3) is 3.21. The van der Waals surface area contributed by atoms with Gasteiger partial charge in [0.15, 0.2) is 6.04 Å². The van der Waals surface area contributed by atoms with Crippen LogP contribution in [0.3, 0.4) is 0 Å². The summed E-state index contributed by atoms with van der Waals surface area (Å²) < 4.78 is 20.0. The summed E-state index contributed by atoms with van der Waals surface area (Å²) in [5.74, 6) is -0.808. The predicted octanol–water partition coefficient (Wildman–Crippen LogP) is 2.50. The monoisotopic (exact) mass is 291 g/mol. The van der Waals surface area contributed by atoms with Gasteiger partial charge < -0.3 is 10.1 Å². The van der Waals surface area contributed by atoms with E-state index in [-0.39, 0.29) is 5.82 Å². The van der Waals surface area contributed by atoms with Crippen molar-refractivity contribution in [1.29, 1.82) is 0 Å². The van der Waals surface area contributed by atoms with Crippen LogP contribution in [0.5, 0.6) is 0 Å². The third-order valence-corrected chi connectivity index (χ3v) is 3.37. The number of carbonyl (C=O) groups is 1. The summed E-state index contributed by atoms with van der Waals surface area (Å²) in [6.45, 7) is 3.65. The van der Waals surface area contributed by atoms with Gasteiger partial charge >= 0.3 is 5.97 Å². The number of halogens is 1. The Balaban J connectivity index is 2.37. The van der Waals surface area contributed by atoms with Crippen molar-refractivity contribution < 1.29 is 13.9 Å². The highest BCUT2D eigenvalue weighted by molar-refractivity contribution is 5.81. The van der Waals surface area contributed by atoms with Crippen molar-refractivity contribution in [2.24, 2.45) is 7.05 Å². The molecule has 6 heteroatoms. The number of hydrogen-bond acceptors (Lipinski definition) is 4. The van der Waals surface area contributed by atoms with Gasteiger partial charge in [-0.15, -0.1) is 0 Å². The fourth-order valence-corrected chi connectivity index (χ4v) is 2.17. The fourth-order valence-electron chi connectivity index (χ4n) is 2.17. The van der Waals surface area contributed by atoms with Crippen LogP contribution in [0.25, 0.3) is 0 Å². The number of benzene rings is 1. The molecular formula is C15H18FN3O2. The number of hydrogen-bond donors (Lipinski definition) is 1. The molecule has 5 nitrogen and oxygen atoms in total. The lowest BCUT2D eigenvalue weighted by Gasteiger charge is -2.18. The van der Waals surface area contributed by atoms with Gasteiger partial charge in [-0.1, -0.05) is 0 Å². The van der Waals surface area contributed by atoms with Gasteiger partial charge in [0.05, 0.1) is 13.3 Å². The Morgan fingerprint density at radius 1 is 1.38 bits per heavy atom. The molecule has 0 aliphatic carbocycles. The van der Waals surface area contributed by atoms with Crippen LogP contribution in [-0.2, 0) is 16.6 Å². The molecule has 0 aliphatic heterocycles. The van der Waals surface area contributed by atoms with E-state index in [0.29, 0.717) is 11.3 Å². The van der Waals surface area contributed by atoms with E-state index in [9.17, 15) is 9.18 Å². The molecule has 1 aromatic carbocycles. The Hall–Kier alpha value is -2.37. The molecule has 21 heavy (non-hydrogen) atoms. The minimum Gasteiger partial charge on any atom is -0.467 e. The zero-order valence-electron chi connectivity index (χ0n) is 12.5. The van der Waals surface area contributed by atoms with E-state index in [4.69, 9.17) is 4.74 Å². The number of aryl methyl sites for hydroxylation is 2. The van der Waals surface area contributed by atoms with Crippen LogP contribution in [0.2, 0.25) is 0 Å². The average molecular weight is 291 g/mol. The zero-order chi connectivity index (χ0) is 15.6. The molecule has 0 radical (unpaired) electrons. The molecule has 2 aromatic rings. The predicted molar refractivity (Wildman–Crippen MR) is 77.5 cm³/mol. The van der Waals surface area contributed by atoms with Crippen LogP contribution in [-0.4, -0.2) is 22.9 Å². The number of methoxy groups -OCH3 is 1. The maximum Gasteiger partial charge on any atom is 0.333 e. The first kappa shape index (κ1) is 15.0. The fraction of sp³-hybridized carbons (Fsp3) is 0.333. The minimum atomic E-state index is -0.732. The standard InChI is InChI=1S/C15H18FN3O2/c1-9-5-11(16)7-12(6-9)18-14(15(20)21-4)13-8-17-19(3)10(13)2/h5-8,14,18H,1-4H3. The molecule has 0 aliphatic rings. The highest BCUT2D eigenvalue weighted by Crippen LogP contribution is 2.24. The van der Waals surface area contributed by atoms with E-state index in [1.165, 1.54) is 19.2 Å². The second-order valence-corrected chi connectivity index (χ2v) is 4.93. The highest BCUT2D eigenvalue weighted by Gasteiger charge is 2.25. The van der Waals surface area contributed by atoms with E-state index >= 15 is 0 Å². The van der Waals surface area contributed by atoms with Crippen LogP contribution in [0.1, 0.15) is 22.9 Å². The number of anilines is 1. The van der Waals surface area contributed by atoms with Gasteiger partial charge in [0.2, 0.25) is 0 Å². The number of rotatable bonds is 4. The summed E-state index contributed by atoms with van der Waals surface area (Å²) in [7, 11) is 3.11. The lowest BCUT2D eigenvalue weighted by molar-refractivity contribution is -0.141. The van der Waals surface area contributed by atoms with Gasteiger partial charge in [-0.3, -0.25) is 4.68 Å². The maximum absolute atomic E-state index is 13.5. The summed E-state index contributed by atoms with van der Waals surface area (Å²) >= 11 is 0. The number of esters is 1. The second kappa shape index (κ2) is 5.95. The molecule has 1 aromatic heterocycles. The van der Waals surface area contributed by atoms with Crippen LogP contribution in [0.15, 0.2) is 24.4 Å². The van der Waals surface area contributed by atoms with Crippen molar-refractivity contribution >= 4 is 11.7 Å². The molecule has 1 unspecified atom stereocenters. The van der Waals surface area contributed by atoms with Crippen molar-refractivity contribution in [3.05, 3.63) is 47.0 Å². The van der Waals surface area contributed by atoms with Gasteiger partial charge in [0, 0.05) is 24.0 Å². The summed E-state index contributed by atoms with van der Waals surface area (Å²) in [5, 5.41) is 7.14. The number of nitrogens with one attached hydrogen (secondary N) is 1. The molecule has 0 fully saturated rings. The Kier molecular flexibility index (Phi) is 4.26. The summed E-state index contributed by atoms with van der Waals surface area (Å²) in [5.41, 5.74) is 2.83. The molecule has 0 bridgehead atoms. The number of ether oxygens (including phenoxy) is 1. The number of carbonyl (C=O) groups excluding carboxylic acids is 1. The Labute approximate surface area is 122 Å². The molecule has 112 valence electrons. The van der Waals surface area contributed by atoms with E-state index in [0.717, 1.165) is 11.3 Å². The number of nitrogens with zero attached hydrogens (tertiary/aromatic N) is 2. The molecule has 1 atom stereocenters. The molecule has 0 saturated carbocycles. The number of aromatic nitrogens is 2. The van der Waals surface area contributed by atoms with Gasteiger partial charge in [-0.05, 0) is 37.6 Å². The van der Waals surface area contributed by atoms with Crippen molar-refractivity contribution in [2.45, 2.75) is 19.9 Å². The average Bonchev–Trinajstić information content (AvgIpc) is 2.74. The second-order valence-electron chi connectivity index (χ2n) is 4.93. The van der Waals surface area contributed by atoms with E-state index in [2.05, 4.69) is 10.4 Å². The lowest BCUT2D eigenvalue weighted by Crippen LogP contribution is -2.23. The molecule has 2 rings (SSSR count). The van der Waals surface area contributed by atoms with Crippen molar-refractivity contribution in [1.82, 2.24) is 9.78 Å². The summed E-state index contributed by atoms with van der Waals surface area (Å²) in [6.07, 6.45) is 1.61. The van der Waals surface area contributed by atoms with Crippen LogP contribution >= 0.6 is 0 Å². The highest BCUT2D eigenvalue weighted by atomic mass is 19.1. The van der Waals surface area contributed by atoms with Crippen LogP contribution in [0, 0.1) is 19.7 Å². The first-order chi connectivity index (χ1) is 9.92. The van der Waals surface area contributed by atoms with Crippen molar-refractivity contribution in [3.63, 3.8) is 0 Å². The molecule has 1 N–H and O–H groups in total. The minimum absolute atomic E-state index is 0.357. The quantitative estimate of drug-likeness (QED) is 0.879. The van der Waals surface area contributed by atoms with Gasteiger partial charge in [0.25, 0.3) is 0 Å². The Morgan fingerprint density at radius 2 is 2.10 bits per heavy atom.